The Morgan fingerprint density at radius 1 is 1.75 bits per heavy atom. The molecule has 90 valence electrons. The maximum atomic E-state index is 11.2. The predicted octanol–water partition coefficient (Wildman–Crippen LogP) is -0.0839. The van der Waals surface area contributed by atoms with Crippen LogP contribution < -0.4 is 15.8 Å². The Morgan fingerprint density at radius 3 is 2.94 bits per heavy atom. The molecule has 0 fully saturated rings. The van der Waals surface area contributed by atoms with E-state index in [0.29, 0.717) is 12.4 Å². The lowest BCUT2D eigenvalue weighted by Gasteiger charge is -2.20. The minimum absolute atomic E-state index is 0.156. The van der Waals surface area contributed by atoms with Gasteiger partial charge in [0, 0.05) is 0 Å². The van der Waals surface area contributed by atoms with Gasteiger partial charge in [-0.2, -0.15) is 5.10 Å². The topological polar surface area (TPSA) is 82.2 Å². The average molecular weight is 226 g/mol. The van der Waals surface area contributed by atoms with Gasteiger partial charge in [0.05, 0.1) is 25.0 Å². The fourth-order valence-electron chi connectivity index (χ4n) is 1.56. The standard InChI is InChI=1S/C10H18N4O2/c1-4-16-8-5-13-14(6-8)7(2)9(12-3)10(11)15/h5-7,9,12H,4H2,1-3H3,(H2,11,15). The first-order valence-corrected chi connectivity index (χ1v) is 5.23. The molecule has 1 amide bonds. The van der Waals surface area contributed by atoms with Gasteiger partial charge in [-0.05, 0) is 20.9 Å². The molecule has 0 bridgehead atoms. The molecule has 1 heterocycles. The van der Waals surface area contributed by atoms with Gasteiger partial charge >= 0.3 is 0 Å². The summed E-state index contributed by atoms with van der Waals surface area (Å²) in [4.78, 5) is 11.2. The van der Waals surface area contributed by atoms with Crippen molar-refractivity contribution in [1.82, 2.24) is 15.1 Å². The fourth-order valence-corrected chi connectivity index (χ4v) is 1.56. The number of ether oxygens (including phenoxy) is 1. The molecule has 6 nitrogen and oxygen atoms in total. The zero-order valence-corrected chi connectivity index (χ0v) is 9.80. The fraction of sp³-hybridized carbons (Fsp3) is 0.600. The van der Waals surface area contributed by atoms with Crippen LogP contribution in [0.25, 0.3) is 0 Å². The third-order valence-electron chi connectivity index (χ3n) is 2.41. The Hall–Kier alpha value is -1.56. The van der Waals surface area contributed by atoms with Crippen LogP contribution in [0, 0.1) is 0 Å². The van der Waals surface area contributed by atoms with E-state index in [-0.39, 0.29) is 6.04 Å². The van der Waals surface area contributed by atoms with Crippen LogP contribution in [-0.4, -0.2) is 35.4 Å². The van der Waals surface area contributed by atoms with Crippen LogP contribution in [-0.2, 0) is 4.79 Å². The molecular weight excluding hydrogens is 208 g/mol. The molecule has 6 heteroatoms. The maximum Gasteiger partial charge on any atom is 0.236 e. The molecule has 0 spiro atoms. The first-order chi connectivity index (χ1) is 7.60. The molecular formula is C10H18N4O2. The van der Waals surface area contributed by atoms with E-state index in [4.69, 9.17) is 10.5 Å². The van der Waals surface area contributed by atoms with Gasteiger partial charge in [-0.25, -0.2) is 0 Å². The summed E-state index contributed by atoms with van der Waals surface area (Å²) in [6.45, 7) is 4.36. The summed E-state index contributed by atoms with van der Waals surface area (Å²) in [5, 5.41) is 6.99. The summed E-state index contributed by atoms with van der Waals surface area (Å²) >= 11 is 0. The largest absolute Gasteiger partial charge is 0.491 e. The number of likely N-dealkylation sites (N-methyl/N-ethyl adjacent to an activating group) is 1. The van der Waals surface area contributed by atoms with Crippen LogP contribution in [0.1, 0.15) is 19.9 Å². The number of nitrogens with one attached hydrogen (secondary N) is 1. The van der Waals surface area contributed by atoms with E-state index in [1.54, 1.807) is 24.1 Å². The van der Waals surface area contributed by atoms with E-state index in [1.807, 2.05) is 13.8 Å². The molecule has 1 rings (SSSR count). The highest BCUT2D eigenvalue weighted by Crippen LogP contribution is 2.15. The third-order valence-corrected chi connectivity index (χ3v) is 2.41. The molecule has 0 saturated heterocycles. The number of nitrogens with two attached hydrogens (primary N) is 1. The maximum absolute atomic E-state index is 11.2. The van der Waals surface area contributed by atoms with Crippen molar-refractivity contribution in [2.24, 2.45) is 5.73 Å². The summed E-state index contributed by atoms with van der Waals surface area (Å²) < 4.78 is 6.95. The first-order valence-electron chi connectivity index (χ1n) is 5.23. The number of rotatable bonds is 6. The smallest absolute Gasteiger partial charge is 0.236 e. The molecule has 16 heavy (non-hydrogen) atoms. The lowest BCUT2D eigenvalue weighted by atomic mass is 10.1. The van der Waals surface area contributed by atoms with Crippen LogP contribution >= 0.6 is 0 Å². The van der Waals surface area contributed by atoms with E-state index in [0.717, 1.165) is 0 Å². The van der Waals surface area contributed by atoms with Gasteiger partial charge in [0.1, 0.15) is 6.04 Å². The van der Waals surface area contributed by atoms with Crippen LogP contribution in [0.5, 0.6) is 5.75 Å². The number of hydrogen-bond acceptors (Lipinski definition) is 4. The summed E-state index contributed by atoms with van der Waals surface area (Å²) in [7, 11) is 1.69. The Morgan fingerprint density at radius 2 is 2.44 bits per heavy atom. The highest BCUT2D eigenvalue weighted by molar-refractivity contribution is 5.80. The first kappa shape index (κ1) is 12.5. The van der Waals surface area contributed by atoms with Gasteiger partial charge in [0.25, 0.3) is 0 Å². The number of primary amides is 1. The second-order valence-electron chi connectivity index (χ2n) is 3.50. The average Bonchev–Trinajstić information content (AvgIpc) is 2.67. The summed E-state index contributed by atoms with van der Waals surface area (Å²) in [6.07, 6.45) is 3.37. The summed E-state index contributed by atoms with van der Waals surface area (Å²) in [5.41, 5.74) is 5.28. The number of aromatic nitrogens is 2. The number of amides is 1. The molecule has 1 aromatic rings. The molecule has 0 aliphatic heterocycles. The highest BCUT2D eigenvalue weighted by Gasteiger charge is 2.23. The SMILES string of the molecule is CCOc1cnn(C(C)C(NC)C(N)=O)c1. The summed E-state index contributed by atoms with van der Waals surface area (Å²) in [6, 6.07) is -0.605. The Bertz CT molecular complexity index is 350. The van der Waals surface area contributed by atoms with Gasteiger partial charge in [-0.1, -0.05) is 0 Å². The summed E-state index contributed by atoms with van der Waals surface area (Å²) in [5.74, 6) is 0.289. The van der Waals surface area contributed by atoms with Gasteiger partial charge in [-0.15, -0.1) is 0 Å². The molecule has 0 aliphatic rings. The van der Waals surface area contributed by atoms with E-state index < -0.39 is 11.9 Å². The zero-order valence-electron chi connectivity index (χ0n) is 9.80. The number of carbonyl (C=O) groups is 1. The lowest BCUT2D eigenvalue weighted by Crippen LogP contribution is -2.44. The molecule has 0 aromatic carbocycles. The third kappa shape index (κ3) is 2.73. The Kier molecular flexibility index (Phi) is 4.30. The molecule has 0 radical (unpaired) electrons. The van der Waals surface area contributed by atoms with Crippen molar-refractivity contribution in [3.05, 3.63) is 12.4 Å². The van der Waals surface area contributed by atoms with Crippen LogP contribution in [0.2, 0.25) is 0 Å². The van der Waals surface area contributed by atoms with Gasteiger partial charge < -0.3 is 15.8 Å². The van der Waals surface area contributed by atoms with E-state index in [1.165, 1.54) is 0 Å². The van der Waals surface area contributed by atoms with Crippen molar-refractivity contribution in [1.29, 1.82) is 0 Å². The van der Waals surface area contributed by atoms with Gasteiger partial charge in [0.2, 0.25) is 5.91 Å². The minimum atomic E-state index is -0.450. The quantitative estimate of drug-likeness (QED) is 0.710. The van der Waals surface area contributed by atoms with Crippen molar-refractivity contribution < 1.29 is 9.53 Å². The van der Waals surface area contributed by atoms with Gasteiger partial charge in [-0.3, -0.25) is 9.48 Å². The molecule has 3 N–H and O–H groups in total. The second kappa shape index (κ2) is 5.50. The zero-order chi connectivity index (χ0) is 12.1. The van der Waals surface area contributed by atoms with Crippen molar-refractivity contribution in [3.8, 4) is 5.75 Å². The minimum Gasteiger partial charge on any atom is -0.491 e. The van der Waals surface area contributed by atoms with Crippen molar-refractivity contribution in [2.75, 3.05) is 13.7 Å². The number of nitrogens with zero attached hydrogens (tertiary/aromatic N) is 2. The molecule has 2 atom stereocenters. The second-order valence-corrected chi connectivity index (χ2v) is 3.50. The van der Waals surface area contributed by atoms with E-state index >= 15 is 0 Å². The van der Waals surface area contributed by atoms with Crippen LogP contribution in [0.15, 0.2) is 12.4 Å². The van der Waals surface area contributed by atoms with E-state index in [2.05, 4.69) is 10.4 Å². The van der Waals surface area contributed by atoms with Crippen molar-refractivity contribution in [3.63, 3.8) is 0 Å². The molecule has 0 aliphatic carbocycles. The molecule has 0 saturated carbocycles. The van der Waals surface area contributed by atoms with Crippen LogP contribution in [0.3, 0.4) is 0 Å². The number of hydrogen-bond donors (Lipinski definition) is 2. The lowest BCUT2D eigenvalue weighted by molar-refractivity contribution is -0.120. The molecule has 2 unspecified atom stereocenters. The molecule has 1 aromatic heterocycles. The number of carbonyl (C=O) groups excluding carboxylic acids is 1. The Balaban J connectivity index is 2.77. The normalized spacial score (nSPS) is 14.4. The highest BCUT2D eigenvalue weighted by atomic mass is 16.5. The van der Waals surface area contributed by atoms with Crippen LogP contribution in [0.4, 0.5) is 0 Å². The Labute approximate surface area is 94.8 Å². The predicted molar refractivity (Wildman–Crippen MR) is 60.1 cm³/mol. The van der Waals surface area contributed by atoms with Gasteiger partial charge in [0.15, 0.2) is 5.75 Å². The monoisotopic (exact) mass is 226 g/mol. The van der Waals surface area contributed by atoms with Crippen molar-refractivity contribution >= 4 is 5.91 Å². The van der Waals surface area contributed by atoms with E-state index in [9.17, 15) is 4.79 Å². The van der Waals surface area contributed by atoms with Crippen molar-refractivity contribution in [2.45, 2.75) is 25.9 Å².